The van der Waals surface area contributed by atoms with Gasteiger partial charge in [0.05, 0.1) is 6.61 Å². The monoisotopic (exact) mass is 218 g/mol. The quantitative estimate of drug-likeness (QED) is 0.385. The van der Waals surface area contributed by atoms with E-state index in [1.165, 1.54) is 6.92 Å². The number of aliphatic hydroxyl groups excluding tert-OH is 1. The Bertz CT molecular complexity index is 174. The highest BCUT2D eigenvalue weighted by molar-refractivity contribution is 5.73. The summed E-state index contributed by atoms with van der Waals surface area (Å²) < 4.78 is 4.79. The van der Waals surface area contributed by atoms with Crippen molar-refractivity contribution in [3.8, 4) is 0 Å². The van der Waals surface area contributed by atoms with Crippen molar-refractivity contribution in [2.24, 2.45) is 11.5 Å². The van der Waals surface area contributed by atoms with Gasteiger partial charge in [-0.05, 0) is 39.2 Å². The van der Waals surface area contributed by atoms with E-state index < -0.39 is 12.1 Å². The van der Waals surface area contributed by atoms with Crippen LogP contribution in [0.2, 0.25) is 0 Å². The Morgan fingerprint density at radius 1 is 1.40 bits per heavy atom. The highest BCUT2D eigenvalue weighted by atomic mass is 16.5. The summed E-state index contributed by atoms with van der Waals surface area (Å²) in [5.74, 6) is -0.578. The molecule has 2 atom stereocenters. The van der Waals surface area contributed by atoms with E-state index in [9.17, 15) is 4.79 Å². The first-order valence-electron chi connectivity index (χ1n) is 5.38. The van der Waals surface area contributed by atoms with Crippen molar-refractivity contribution >= 4 is 5.97 Å². The molecule has 0 aliphatic carbocycles. The molecule has 0 aromatic heterocycles. The number of carbonyl (C=O) groups excluding carboxylic acids is 1. The van der Waals surface area contributed by atoms with Gasteiger partial charge >= 0.3 is 5.97 Å². The third kappa shape index (κ3) is 8.35. The van der Waals surface area contributed by atoms with Crippen LogP contribution in [0.15, 0.2) is 0 Å². The van der Waals surface area contributed by atoms with E-state index in [0.29, 0.717) is 13.2 Å². The number of hydrogen-bond acceptors (Lipinski definition) is 5. The molecule has 0 spiro atoms. The number of hydrogen-bond donors (Lipinski definition) is 3. The molecule has 0 aromatic carbocycles. The number of ether oxygens (including phenoxy) is 1. The van der Waals surface area contributed by atoms with Crippen LogP contribution in [0.3, 0.4) is 0 Å². The highest BCUT2D eigenvalue weighted by Crippen LogP contribution is 2.02. The lowest BCUT2D eigenvalue weighted by Gasteiger charge is -2.11. The van der Waals surface area contributed by atoms with Crippen molar-refractivity contribution < 1.29 is 14.6 Å². The smallest absolute Gasteiger partial charge is 0.334 e. The van der Waals surface area contributed by atoms with Gasteiger partial charge in [-0.25, -0.2) is 4.79 Å². The maximum absolute atomic E-state index is 10.8. The summed E-state index contributed by atoms with van der Waals surface area (Å²) in [5, 5.41) is 8.83. The molecule has 15 heavy (non-hydrogen) atoms. The van der Waals surface area contributed by atoms with Crippen LogP contribution in [0.1, 0.15) is 32.6 Å². The van der Waals surface area contributed by atoms with Gasteiger partial charge in [-0.3, -0.25) is 0 Å². The van der Waals surface area contributed by atoms with Crippen molar-refractivity contribution in [3.05, 3.63) is 0 Å². The zero-order valence-electron chi connectivity index (χ0n) is 9.32. The molecule has 5 heteroatoms. The average molecular weight is 218 g/mol. The number of rotatable bonds is 8. The average Bonchev–Trinajstić information content (AvgIpc) is 2.20. The Labute approximate surface area is 90.8 Å². The van der Waals surface area contributed by atoms with Crippen LogP contribution in [-0.2, 0) is 9.53 Å². The number of esters is 1. The molecule has 0 heterocycles. The fraction of sp³-hybridized carbons (Fsp3) is 0.900. The van der Waals surface area contributed by atoms with Crippen LogP contribution in [0.4, 0.5) is 0 Å². The van der Waals surface area contributed by atoms with E-state index in [4.69, 9.17) is 21.3 Å². The number of aliphatic hydroxyl groups is 1. The number of nitrogens with two attached hydrogens (primary N) is 2. The first-order valence-corrected chi connectivity index (χ1v) is 5.38. The third-order valence-electron chi connectivity index (χ3n) is 2.08. The van der Waals surface area contributed by atoms with Gasteiger partial charge in [0, 0.05) is 6.04 Å². The molecule has 0 aromatic rings. The summed E-state index contributed by atoms with van der Waals surface area (Å²) in [6, 6.07) is 0.124. The van der Waals surface area contributed by atoms with E-state index in [-0.39, 0.29) is 6.04 Å². The van der Waals surface area contributed by atoms with Crippen LogP contribution in [0.25, 0.3) is 0 Å². The minimum atomic E-state index is -1.05. The molecule has 0 radical (unpaired) electrons. The largest absolute Gasteiger partial charge is 0.464 e. The van der Waals surface area contributed by atoms with Gasteiger partial charge < -0.3 is 21.3 Å². The Balaban J connectivity index is 3.34. The molecule has 2 unspecified atom stereocenters. The molecule has 0 saturated heterocycles. The van der Waals surface area contributed by atoms with Crippen molar-refractivity contribution in [2.75, 3.05) is 13.2 Å². The first-order chi connectivity index (χ1) is 7.07. The predicted molar refractivity (Wildman–Crippen MR) is 58.1 cm³/mol. The van der Waals surface area contributed by atoms with Crippen LogP contribution in [0, 0.1) is 0 Å². The van der Waals surface area contributed by atoms with Gasteiger partial charge in [-0.2, -0.15) is 0 Å². The van der Waals surface area contributed by atoms with Crippen LogP contribution >= 0.6 is 0 Å². The molecule has 0 aliphatic heterocycles. The molecule has 0 saturated carbocycles. The molecule has 5 nitrogen and oxygen atoms in total. The molecule has 5 N–H and O–H groups in total. The normalized spacial score (nSPS) is 14.7. The molecular weight excluding hydrogens is 196 g/mol. The van der Waals surface area contributed by atoms with Crippen molar-refractivity contribution in [3.63, 3.8) is 0 Å². The van der Waals surface area contributed by atoms with E-state index in [2.05, 4.69) is 0 Å². The van der Waals surface area contributed by atoms with E-state index in [0.717, 1.165) is 25.7 Å². The Morgan fingerprint density at radius 2 is 2.00 bits per heavy atom. The molecule has 0 amide bonds. The van der Waals surface area contributed by atoms with Gasteiger partial charge in [0.2, 0.25) is 0 Å². The van der Waals surface area contributed by atoms with Gasteiger partial charge in [0.25, 0.3) is 0 Å². The summed E-state index contributed by atoms with van der Waals surface area (Å²) in [7, 11) is 0. The lowest BCUT2D eigenvalue weighted by Crippen LogP contribution is -2.23. The maximum Gasteiger partial charge on any atom is 0.334 e. The Morgan fingerprint density at radius 3 is 2.53 bits per heavy atom. The predicted octanol–water partition coefficient (Wildman–Crippen LogP) is -0.243. The van der Waals surface area contributed by atoms with E-state index >= 15 is 0 Å². The van der Waals surface area contributed by atoms with Crippen LogP contribution in [0.5, 0.6) is 0 Å². The van der Waals surface area contributed by atoms with E-state index in [1.807, 2.05) is 0 Å². The van der Waals surface area contributed by atoms with E-state index in [1.54, 1.807) is 0 Å². The third-order valence-corrected chi connectivity index (χ3v) is 2.08. The molecule has 0 rings (SSSR count). The van der Waals surface area contributed by atoms with Crippen molar-refractivity contribution in [1.29, 1.82) is 0 Å². The fourth-order valence-corrected chi connectivity index (χ4v) is 1.16. The molecule has 0 bridgehead atoms. The van der Waals surface area contributed by atoms with Gasteiger partial charge in [0.1, 0.15) is 6.10 Å². The zero-order valence-corrected chi connectivity index (χ0v) is 9.32. The van der Waals surface area contributed by atoms with Gasteiger partial charge in [0.15, 0.2) is 0 Å². The van der Waals surface area contributed by atoms with Crippen LogP contribution in [-0.4, -0.2) is 36.4 Å². The van der Waals surface area contributed by atoms with Gasteiger partial charge in [-0.1, -0.05) is 0 Å². The van der Waals surface area contributed by atoms with Gasteiger partial charge in [-0.15, -0.1) is 0 Å². The van der Waals surface area contributed by atoms with Crippen molar-refractivity contribution in [1.82, 2.24) is 0 Å². The fourth-order valence-electron chi connectivity index (χ4n) is 1.16. The Hall–Kier alpha value is -0.650. The molecular formula is C10H22N2O3. The SMILES string of the molecule is CC(O)C(=O)OCCCC(N)CCCN. The number of carbonyl (C=O) groups is 1. The van der Waals surface area contributed by atoms with Crippen molar-refractivity contribution in [2.45, 2.75) is 44.8 Å². The molecule has 0 aliphatic rings. The minimum absolute atomic E-state index is 0.124. The summed E-state index contributed by atoms with van der Waals surface area (Å²) >= 11 is 0. The Kier molecular flexibility index (Phi) is 8.27. The molecule has 90 valence electrons. The standard InChI is InChI=1S/C10H22N2O3/c1-8(13)10(14)15-7-3-5-9(12)4-2-6-11/h8-9,13H,2-7,11-12H2,1H3. The summed E-state index contributed by atoms with van der Waals surface area (Å²) in [6.07, 6.45) is 2.32. The lowest BCUT2D eigenvalue weighted by atomic mass is 10.1. The second kappa shape index (κ2) is 8.64. The first kappa shape index (κ1) is 14.3. The maximum atomic E-state index is 10.8. The lowest BCUT2D eigenvalue weighted by molar-refractivity contribution is -0.152. The second-order valence-electron chi connectivity index (χ2n) is 3.68. The molecule has 0 fully saturated rings. The summed E-state index contributed by atoms with van der Waals surface area (Å²) in [6.45, 7) is 2.36. The highest BCUT2D eigenvalue weighted by Gasteiger charge is 2.09. The summed E-state index contributed by atoms with van der Waals surface area (Å²) in [4.78, 5) is 10.8. The second-order valence-corrected chi connectivity index (χ2v) is 3.68. The minimum Gasteiger partial charge on any atom is -0.464 e. The zero-order chi connectivity index (χ0) is 11.7. The summed E-state index contributed by atoms with van der Waals surface area (Å²) in [5.41, 5.74) is 11.1. The topological polar surface area (TPSA) is 98.6 Å². The van der Waals surface area contributed by atoms with Crippen LogP contribution < -0.4 is 11.5 Å².